The molecule has 0 bridgehead atoms. The van der Waals surface area contributed by atoms with Crippen molar-refractivity contribution in [2.45, 2.75) is 26.4 Å². The molecular formula is C20H19Cl2N3O2. The molecule has 0 saturated carbocycles. The summed E-state index contributed by atoms with van der Waals surface area (Å²) >= 11 is 12.0. The number of amides is 1. The molecule has 1 atom stereocenters. The minimum absolute atomic E-state index is 0.145. The monoisotopic (exact) mass is 403 g/mol. The highest BCUT2D eigenvalue weighted by Gasteiger charge is 2.23. The Kier molecular flexibility index (Phi) is 5.53. The molecule has 0 aliphatic heterocycles. The predicted octanol–water partition coefficient (Wildman–Crippen LogP) is 4.56. The van der Waals surface area contributed by atoms with Crippen LogP contribution in [0.1, 0.15) is 36.1 Å². The van der Waals surface area contributed by atoms with Crippen molar-refractivity contribution in [1.82, 2.24) is 14.5 Å². The molecule has 3 rings (SSSR count). The maximum Gasteiger partial charge on any atom is 0.261 e. The first-order valence-electron chi connectivity index (χ1n) is 8.56. The fourth-order valence-electron chi connectivity index (χ4n) is 2.98. The second-order valence-corrected chi connectivity index (χ2v) is 7.15. The third kappa shape index (κ3) is 3.70. The molecule has 7 heteroatoms. The summed E-state index contributed by atoms with van der Waals surface area (Å²) in [4.78, 5) is 31.9. The van der Waals surface area contributed by atoms with Crippen LogP contribution in [0, 0.1) is 0 Å². The van der Waals surface area contributed by atoms with Crippen molar-refractivity contribution in [1.29, 1.82) is 0 Å². The van der Waals surface area contributed by atoms with Gasteiger partial charge in [-0.05, 0) is 56.3 Å². The lowest BCUT2D eigenvalue weighted by Gasteiger charge is -2.27. The number of carbonyl (C=O) groups excluding carboxylic acids is 1. The van der Waals surface area contributed by atoms with Crippen LogP contribution in [0.3, 0.4) is 0 Å². The van der Waals surface area contributed by atoms with E-state index in [1.54, 1.807) is 59.0 Å². The van der Waals surface area contributed by atoms with Gasteiger partial charge in [-0.2, -0.15) is 0 Å². The average Bonchev–Trinajstić information content (AvgIpc) is 2.66. The minimum Gasteiger partial charge on any atom is -0.332 e. The summed E-state index contributed by atoms with van der Waals surface area (Å²) in [5, 5.41) is 1.58. The maximum absolute atomic E-state index is 12.9. The van der Waals surface area contributed by atoms with E-state index in [0.29, 0.717) is 38.9 Å². The van der Waals surface area contributed by atoms with E-state index in [1.165, 1.54) is 0 Å². The zero-order chi connectivity index (χ0) is 19.7. The van der Waals surface area contributed by atoms with Crippen LogP contribution in [0.15, 0.2) is 47.3 Å². The van der Waals surface area contributed by atoms with E-state index in [0.717, 1.165) is 0 Å². The highest BCUT2D eigenvalue weighted by atomic mass is 35.5. The molecule has 140 valence electrons. The Hall–Kier alpha value is -2.37. The van der Waals surface area contributed by atoms with E-state index in [1.807, 2.05) is 13.8 Å². The summed E-state index contributed by atoms with van der Waals surface area (Å²) in [6, 6.07) is 11.3. The lowest BCUT2D eigenvalue weighted by atomic mass is 10.1. The predicted molar refractivity (Wildman–Crippen MR) is 109 cm³/mol. The highest BCUT2D eigenvalue weighted by molar-refractivity contribution is 6.31. The Morgan fingerprint density at radius 1 is 1.15 bits per heavy atom. The molecule has 1 aromatic heterocycles. The van der Waals surface area contributed by atoms with E-state index >= 15 is 0 Å². The molecule has 2 aromatic carbocycles. The molecule has 0 radical (unpaired) electrons. The summed E-state index contributed by atoms with van der Waals surface area (Å²) in [7, 11) is 1.69. The van der Waals surface area contributed by atoms with Crippen molar-refractivity contribution in [3.05, 3.63) is 74.3 Å². The molecular weight excluding hydrogens is 385 g/mol. The number of carbonyl (C=O) groups is 1. The van der Waals surface area contributed by atoms with Crippen molar-refractivity contribution < 1.29 is 4.79 Å². The number of hydrogen-bond acceptors (Lipinski definition) is 3. The standard InChI is InChI=1S/C20H19Cl2N3O2/c1-4-25-18(23-17-11-15(22)9-10-16(17)20(25)27)12(2)24(3)19(26)13-5-7-14(21)8-6-13/h5-12H,4H2,1-3H3. The first-order valence-corrected chi connectivity index (χ1v) is 9.31. The van der Waals surface area contributed by atoms with Gasteiger partial charge in [0.1, 0.15) is 5.82 Å². The molecule has 27 heavy (non-hydrogen) atoms. The van der Waals surface area contributed by atoms with Crippen molar-refractivity contribution in [3.8, 4) is 0 Å². The zero-order valence-corrected chi connectivity index (χ0v) is 16.8. The van der Waals surface area contributed by atoms with Gasteiger partial charge in [0.15, 0.2) is 0 Å². The lowest BCUT2D eigenvalue weighted by molar-refractivity contribution is 0.0733. The fraction of sp³-hybridized carbons (Fsp3) is 0.250. The topological polar surface area (TPSA) is 55.2 Å². The number of fused-ring (bicyclic) bond motifs is 1. The number of rotatable bonds is 4. The van der Waals surface area contributed by atoms with E-state index in [2.05, 4.69) is 4.98 Å². The molecule has 0 spiro atoms. The van der Waals surface area contributed by atoms with E-state index in [9.17, 15) is 9.59 Å². The molecule has 1 amide bonds. The first-order chi connectivity index (χ1) is 12.8. The fourth-order valence-corrected chi connectivity index (χ4v) is 3.27. The number of halogens is 2. The van der Waals surface area contributed by atoms with Crippen molar-refractivity contribution in [2.75, 3.05) is 7.05 Å². The van der Waals surface area contributed by atoms with E-state index in [4.69, 9.17) is 23.2 Å². The molecule has 0 aliphatic rings. The van der Waals surface area contributed by atoms with Gasteiger partial charge in [0.2, 0.25) is 0 Å². The summed E-state index contributed by atoms with van der Waals surface area (Å²) in [5.41, 5.74) is 0.891. The van der Waals surface area contributed by atoms with Crippen molar-refractivity contribution >= 4 is 40.0 Å². The van der Waals surface area contributed by atoms with Crippen molar-refractivity contribution in [2.24, 2.45) is 0 Å². The third-order valence-electron chi connectivity index (χ3n) is 4.63. The Morgan fingerprint density at radius 3 is 2.41 bits per heavy atom. The van der Waals surface area contributed by atoms with Crippen LogP contribution in [-0.2, 0) is 6.54 Å². The first kappa shape index (κ1) is 19.4. The summed E-state index contributed by atoms with van der Waals surface area (Å²) in [5.74, 6) is 0.337. The number of hydrogen-bond donors (Lipinski definition) is 0. The van der Waals surface area contributed by atoms with Crippen LogP contribution in [0.4, 0.5) is 0 Å². The third-order valence-corrected chi connectivity index (χ3v) is 5.12. The summed E-state index contributed by atoms with van der Waals surface area (Å²) in [6.45, 7) is 4.17. The smallest absolute Gasteiger partial charge is 0.261 e. The number of aromatic nitrogens is 2. The largest absolute Gasteiger partial charge is 0.332 e. The molecule has 0 saturated heterocycles. The van der Waals surface area contributed by atoms with Crippen LogP contribution in [0.25, 0.3) is 10.9 Å². The number of benzene rings is 2. The molecule has 0 aliphatic carbocycles. The quantitative estimate of drug-likeness (QED) is 0.641. The Morgan fingerprint density at radius 2 is 1.78 bits per heavy atom. The van der Waals surface area contributed by atoms with Crippen LogP contribution in [0.5, 0.6) is 0 Å². The Labute approximate surface area is 167 Å². The molecule has 5 nitrogen and oxygen atoms in total. The van der Waals surface area contributed by atoms with E-state index in [-0.39, 0.29) is 11.5 Å². The SMILES string of the molecule is CCn1c(C(C)N(C)C(=O)c2ccc(Cl)cc2)nc2cc(Cl)ccc2c1=O. The number of nitrogens with zero attached hydrogens (tertiary/aromatic N) is 3. The summed E-state index contributed by atoms with van der Waals surface area (Å²) < 4.78 is 1.59. The van der Waals surface area contributed by atoms with Gasteiger partial charge in [-0.3, -0.25) is 14.2 Å². The lowest BCUT2D eigenvalue weighted by Crippen LogP contribution is -2.35. The zero-order valence-electron chi connectivity index (χ0n) is 15.2. The molecule has 0 N–H and O–H groups in total. The van der Waals surface area contributed by atoms with Crippen LogP contribution >= 0.6 is 23.2 Å². The van der Waals surface area contributed by atoms with Gasteiger partial charge in [0, 0.05) is 29.2 Å². The normalized spacial score (nSPS) is 12.2. The van der Waals surface area contributed by atoms with Crippen LogP contribution in [0.2, 0.25) is 10.0 Å². The Bertz CT molecular complexity index is 1060. The van der Waals surface area contributed by atoms with Crippen LogP contribution < -0.4 is 5.56 Å². The molecule has 3 aromatic rings. The van der Waals surface area contributed by atoms with Gasteiger partial charge in [-0.15, -0.1) is 0 Å². The second kappa shape index (κ2) is 7.71. The minimum atomic E-state index is -0.413. The Balaban J connectivity index is 2.06. The van der Waals surface area contributed by atoms with Gasteiger partial charge in [0.05, 0.1) is 16.9 Å². The second-order valence-electron chi connectivity index (χ2n) is 6.28. The van der Waals surface area contributed by atoms with E-state index < -0.39 is 6.04 Å². The van der Waals surface area contributed by atoms with Crippen molar-refractivity contribution in [3.63, 3.8) is 0 Å². The summed E-state index contributed by atoms with van der Waals surface area (Å²) in [6.07, 6.45) is 0. The van der Waals surface area contributed by atoms with Gasteiger partial charge in [0.25, 0.3) is 11.5 Å². The van der Waals surface area contributed by atoms with Crippen LogP contribution in [-0.4, -0.2) is 27.4 Å². The van der Waals surface area contributed by atoms with Gasteiger partial charge in [-0.1, -0.05) is 23.2 Å². The molecule has 1 heterocycles. The van der Waals surface area contributed by atoms with Gasteiger partial charge >= 0.3 is 0 Å². The molecule has 1 unspecified atom stereocenters. The van der Waals surface area contributed by atoms with Gasteiger partial charge < -0.3 is 4.90 Å². The van der Waals surface area contributed by atoms with Gasteiger partial charge in [-0.25, -0.2) is 4.98 Å². The molecule has 0 fully saturated rings. The average molecular weight is 404 g/mol. The maximum atomic E-state index is 12.9. The highest BCUT2D eigenvalue weighted by Crippen LogP contribution is 2.22.